The third-order valence-electron chi connectivity index (χ3n) is 7.96. The van der Waals surface area contributed by atoms with Gasteiger partial charge in [-0.05, 0) is 54.5 Å². The number of aromatic nitrogens is 1. The van der Waals surface area contributed by atoms with Gasteiger partial charge in [0.25, 0.3) is 0 Å². The molecule has 1 aromatic heterocycles. The second-order valence-corrected chi connectivity index (χ2v) is 14.2. The molecule has 3 atom stereocenters. The fraction of sp³-hybridized carbons (Fsp3) is 0.469. The first-order valence-electron chi connectivity index (χ1n) is 15.2. The highest BCUT2D eigenvalue weighted by atomic mass is 32.2. The lowest BCUT2D eigenvalue weighted by atomic mass is 10.00. The van der Waals surface area contributed by atoms with Crippen molar-refractivity contribution in [3.8, 4) is 0 Å². The van der Waals surface area contributed by atoms with Crippen LogP contribution in [0.4, 0.5) is 0 Å². The van der Waals surface area contributed by atoms with E-state index in [1.54, 1.807) is 23.7 Å². The molecule has 0 aliphatic heterocycles. The summed E-state index contributed by atoms with van der Waals surface area (Å²) in [6.45, 7) is 5.27. The number of hydrogen-bond acceptors (Lipinski definition) is 9. The molecule has 3 unspecified atom stereocenters. The number of benzene rings is 2. The average molecular weight is 658 g/mol. The molecule has 13 heteroatoms. The number of ether oxygens (including phenoxy) is 1. The fourth-order valence-corrected chi connectivity index (χ4v) is 7.40. The van der Waals surface area contributed by atoms with Gasteiger partial charge in [-0.1, -0.05) is 57.0 Å². The van der Waals surface area contributed by atoms with Gasteiger partial charge in [0.1, 0.15) is 12.6 Å². The monoisotopic (exact) mass is 657 g/mol. The number of thiazole rings is 1. The molecule has 45 heavy (non-hydrogen) atoms. The number of nitrogens with zero attached hydrogens (tertiary/aromatic N) is 2. The van der Waals surface area contributed by atoms with Gasteiger partial charge in [0.15, 0.2) is 5.88 Å². The molecule has 0 radical (unpaired) electrons. The number of fused-ring (bicyclic) bond motifs is 1. The van der Waals surface area contributed by atoms with Crippen LogP contribution in [-0.2, 0) is 30.8 Å². The van der Waals surface area contributed by atoms with E-state index >= 15 is 0 Å². The van der Waals surface area contributed by atoms with Crippen molar-refractivity contribution in [2.75, 3.05) is 19.7 Å². The molecule has 1 heterocycles. The second kappa shape index (κ2) is 15.7. The Morgan fingerprint density at radius 3 is 2.42 bits per heavy atom. The fourth-order valence-electron chi connectivity index (χ4n) is 5.05. The minimum absolute atomic E-state index is 0.103. The van der Waals surface area contributed by atoms with Crippen molar-refractivity contribution < 1.29 is 27.9 Å². The molecular weight excluding hydrogens is 615 g/mol. The van der Waals surface area contributed by atoms with Crippen LogP contribution in [0, 0.1) is 5.92 Å². The summed E-state index contributed by atoms with van der Waals surface area (Å²) in [5.41, 5.74) is 9.79. The number of sulfonamides is 1. The minimum Gasteiger partial charge on any atom is -0.476 e. The maximum atomic E-state index is 14.1. The lowest BCUT2D eigenvalue weighted by Crippen LogP contribution is -2.50. The van der Waals surface area contributed by atoms with E-state index in [0.717, 1.165) is 47.0 Å². The molecule has 0 saturated heterocycles. The van der Waals surface area contributed by atoms with Crippen molar-refractivity contribution in [2.45, 2.75) is 76.0 Å². The lowest BCUT2D eigenvalue weighted by molar-refractivity contribution is -0.127. The van der Waals surface area contributed by atoms with Gasteiger partial charge in [0.05, 0.1) is 32.8 Å². The largest absolute Gasteiger partial charge is 0.476 e. The number of nitrogens with one attached hydrogen (secondary N) is 2. The van der Waals surface area contributed by atoms with Crippen LogP contribution >= 0.6 is 11.3 Å². The van der Waals surface area contributed by atoms with Gasteiger partial charge >= 0.3 is 0 Å². The summed E-state index contributed by atoms with van der Waals surface area (Å²) in [6, 6.07) is 12.8. The minimum atomic E-state index is -3.97. The number of allylic oxidation sites excluding steroid dienone is 1. The zero-order chi connectivity index (χ0) is 32.6. The Labute approximate surface area is 268 Å². The van der Waals surface area contributed by atoms with Crippen molar-refractivity contribution in [1.82, 2.24) is 19.9 Å². The topological polar surface area (TPSA) is 164 Å². The standard InChI is InChI=1S/C32H43N5O6S2/c1-4-22(5-2)17-37(45(41,42)25-13-14-26-30(16-25)44-20-34-26)18-29(39)27(15-23-9-7-6-8-10-23)36-32(24-11-12-24)43-19-28(31(33)40)35-21(3)38/h6-10,13-14,16,20,22,27-29,36,39H,4-5,11-12,15,17-19H2,1-3H3,(H2,33,40)(H,35,38). The molecule has 2 aromatic carbocycles. The van der Waals surface area contributed by atoms with E-state index in [1.807, 2.05) is 44.2 Å². The van der Waals surface area contributed by atoms with Crippen molar-refractivity contribution in [2.24, 2.45) is 11.7 Å². The quantitative estimate of drug-likeness (QED) is 0.151. The van der Waals surface area contributed by atoms with E-state index in [4.69, 9.17) is 10.5 Å². The first kappa shape index (κ1) is 34.4. The predicted octanol–water partition coefficient (Wildman–Crippen LogP) is 3.30. The Morgan fingerprint density at radius 1 is 1.09 bits per heavy atom. The number of rotatable bonds is 18. The lowest BCUT2D eigenvalue weighted by Gasteiger charge is -2.32. The Bertz CT molecular complexity index is 1580. The molecule has 5 N–H and O–H groups in total. The van der Waals surface area contributed by atoms with Crippen LogP contribution in [0.2, 0.25) is 0 Å². The van der Waals surface area contributed by atoms with Crippen molar-refractivity contribution in [1.29, 1.82) is 0 Å². The number of amides is 2. The van der Waals surface area contributed by atoms with Crippen LogP contribution in [0.25, 0.3) is 10.2 Å². The van der Waals surface area contributed by atoms with Crippen molar-refractivity contribution in [3.63, 3.8) is 0 Å². The Hall–Kier alpha value is -3.52. The molecule has 0 spiro atoms. The third-order valence-corrected chi connectivity index (χ3v) is 10.6. The zero-order valence-electron chi connectivity index (χ0n) is 25.9. The van der Waals surface area contributed by atoms with Gasteiger partial charge < -0.3 is 26.2 Å². The molecular formula is C32H43N5O6S2. The zero-order valence-corrected chi connectivity index (χ0v) is 27.6. The smallest absolute Gasteiger partial charge is 0.243 e. The second-order valence-electron chi connectivity index (χ2n) is 11.4. The number of aliphatic hydroxyl groups excluding tert-OH is 1. The highest BCUT2D eigenvalue weighted by molar-refractivity contribution is 7.89. The molecule has 11 nitrogen and oxygen atoms in total. The summed E-state index contributed by atoms with van der Waals surface area (Å²) >= 11 is 1.37. The van der Waals surface area contributed by atoms with Gasteiger partial charge in [0, 0.05) is 20.0 Å². The van der Waals surface area contributed by atoms with E-state index in [2.05, 4.69) is 15.6 Å². The summed E-state index contributed by atoms with van der Waals surface area (Å²) in [6.07, 6.45) is 2.36. The van der Waals surface area contributed by atoms with E-state index in [9.17, 15) is 23.1 Å². The first-order chi connectivity index (χ1) is 21.5. The van der Waals surface area contributed by atoms with Gasteiger partial charge in [0.2, 0.25) is 21.8 Å². The van der Waals surface area contributed by atoms with Crippen LogP contribution in [0.5, 0.6) is 0 Å². The molecule has 2 amide bonds. The highest BCUT2D eigenvalue weighted by Crippen LogP contribution is 2.32. The molecule has 1 aliphatic carbocycles. The Balaban J connectivity index is 1.62. The normalized spacial score (nSPS) is 15.1. The number of primary amides is 1. The van der Waals surface area contributed by atoms with Gasteiger partial charge in [-0.2, -0.15) is 4.31 Å². The van der Waals surface area contributed by atoms with E-state index in [1.165, 1.54) is 22.6 Å². The molecule has 3 aromatic rings. The maximum Gasteiger partial charge on any atom is 0.243 e. The van der Waals surface area contributed by atoms with Crippen LogP contribution < -0.4 is 16.4 Å². The average Bonchev–Trinajstić information content (AvgIpc) is 3.75. The van der Waals surface area contributed by atoms with Gasteiger partial charge in [-0.3, -0.25) is 9.59 Å². The highest BCUT2D eigenvalue weighted by Gasteiger charge is 2.33. The van der Waals surface area contributed by atoms with Crippen LogP contribution in [-0.4, -0.2) is 72.5 Å². The molecule has 244 valence electrons. The maximum absolute atomic E-state index is 14.1. The molecule has 1 saturated carbocycles. The number of carbonyl (C=O) groups excluding carboxylic acids is 2. The molecule has 0 bridgehead atoms. The summed E-state index contributed by atoms with van der Waals surface area (Å²) in [7, 11) is -3.97. The first-order valence-corrected chi connectivity index (χ1v) is 17.6. The van der Waals surface area contributed by atoms with Gasteiger partial charge in [-0.15, -0.1) is 11.3 Å². The van der Waals surface area contributed by atoms with E-state index in [-0.39, 0.29) is 30.5 Å². The Kier molecular flexibility index (Phi) is 12.0. The Morgan fingerprint density at radius 2 is 1.80 bits per heavy atom. The van der Waals surface area contributed by atoms with Crippen LogP contribution in [0.1, 0.15) is 52.0 Å². The van der Waals surface area contributed by atoms with E-state index < -0.39 is 40.0 Å². The summed E-state index contributed by atoms with van der Waals surface area (Å²) in [5.74, 6) is -0.644. The summed E-state index contributed by atoms with van der Waals surface area (Å²) in [5, 5.41) is 17.6. The summed E-state index contributed by atoms with van der Waals surface area (Å²) < 4.78 is 36.4. The number of carbonyl (C=O) groups is 2. The number of hydrogen-bond donors (Lipinski definition) is 4. The van der Waals surface area contributed by atoms with Gasteiger partial charge in [-0.25, -0.2) is 13.4 Å². The number of nitrogens with two attached hydrogens (primary N) is 1. The van der Waals surface area contributed by atoms with Crippen molar-refractivity contribution in [3.05, 3.63) is 71.1 Å². The molecule has 1 fully saturated rings. The van der Waals surface area contributed by atoms with Crippen molar-refractivity contribution >= 4 is 43.4 Å². The molecule has 1 aliphatic rings. The van der Waals surface area contributed by atoms with Crippen LogP contribution in [0.3, 0.4) is 0 Å². The summed E-state index contributed by atoms with van der Waals surface area (Å²) in [4.78, 5) is 27.9. The number of aliphatic hydroxyl groups is 1. The predicted molar refractivity (Wildman–Crippen MR) is 175 cm³/mol. The van der Waals surface area contributed by atoms with Crippen LogP contribution in [0.15, 0.2) is 70.4 Å². The molecule has 4 rings (SSSR count). The SMILES string of the molecule is CCC(CC)CN(CC(O)C(Cc1ccccc1)NC(OCC(NC(C)=O)C(N)=O)=C1CC1)S(=O)(=O)c1ccc2ncsc2c1. The van der Waals surface area contributed by atoms with E-state index in [0.29, 0.717) is 12.3 Å². The third kappa shape index (κ3) is 9.49.